The van der Waals surface area contributed by atoms with Gasteiger partial charge in [-0.2, -0.15) is 13.2 Å². The summed E-state index contributed by atoms with van der Waals surface area (Å²) >= 11 is 5.56. The molecule has 0 spiro atoms. The molecule has 9 heteroatoms. The number of carbonyl (C=O) groups excluding carboxylic acids is 1. The molecule has 0 unspecified atom stereocenters. The number of hydrogen-bond acceptors (Lipinski definition) is 2. The molecule has 0 radical (unpaired) electrons. The first kappa shape index (κ1) is 16.9. The lowest BCUT2D eigenvalue weighted by molar-refractivity contribution is -0.137. The first-order valence-electron chi connectivity index (χ1n) is 6.21. The Hall–Kier alpha value is -2.48. The van der Waals surface area contributed by atoms with Gasteiger partial charge in [-0.3, -0.25) is 10.9 Å². The lowest BCUT2D eigenvalue weighted by atomic mass is 10.2. The van der Waals surface area contributed by atoms with Crippen molar-refractivity contribution in [3.05, 3.63) is 58.9 Å². The van der Waals surface area contributed by atoms with Crippen LogP contribution in [0.1, 0.15) is 5.56 Å². The topological polar surface area (TPSA) is 53.2 Å². The van der Waals surface area contributed by atoms with Crippen LogP contribution in [0, 0.1) is 5.82 Å². The van der Waals surface area contributed by atoms with Crippen LogP contribution < -0.4 is 16.2 Å². The van der Waals surface area contributed by atoms with Gasteiger partial charge in [0.25, 0.3) is 0 Å². The molecule has 0 aromatic heterocycles. The van der Waals surface area contributed by atoms with Crippen LogP contribution in [0.15, 0.2) is 42.5 Å². The van der Waals surface area contributed by atoms with Crippen LogP contribution in [0.25, 0.3) is 0 Å². The summed E-state index contributed by atoms with van der Waals surface area (Å²) in [4.78, 5) is 11.6. The van der Waals surface area contributed by atoms with E-state index in [-0.39, 0.29) is 16.4 Å². The molecule has 2 rings (SSSR count). The number of hydrazine groups is 1. The maximum absolute atomic E-state index is 13.0. The highest BCUT2D eigenvalue weighted by molar-refractivity contribution is 6.31. The molecule has 0 aliphatic rings. The second-order valence-electron chi connectivity index (χ2n) is 4.41. The molecule has 2 aromatic rings. The molecule has 23 heavy (non-hydrogen) atoms. The number of hydrogen-bond donors (Lipinski definition) is 3. The van der Waals surface area contributed by atoms with E-state index in [4.69, 9.17) is 11.6 Å². The highest BCUT2D eigenvalue weighted by Gasteiger charge is 2.30. The van der Waals surface area contributed by atoms with Gasteiger partial charge in [0.1, 0.15) is 5.82 Å². The van der Waals surface area contributed by atoms with Gasteiger partial charge in [0.2, 0.25) is 0 Å². The van der Waals surface area contributed by atoms with Crippen molar-refractivity contribution >= 4 is 29.0 Å². The predicted molar refractivity (Wildman–Crippen MR) is 78.6 cm³/mol. The minimum Gasteiger partial charge on any atom is -0.307 e. The average Bonchev–Trinajstić information content (AvgIpc) is 2.48. The van der Waals surface area contributed by atoms with Crippen molar-refractivity contribution in [1.29, 1.82) is 0 Å². The van der Waals surface area contributed by atoms with Crippen LogP contribution in [0.2, 0.25) is 5.02 Å². The monoisotopic (exact) mass is 347 g/mol. The van der Waals surface area contributed by atoms with Crippen LogP contribution >= 0.6 is 11.6 Å². The molecular formula is C14H10ClF4N3O. The molecule has 122 valence electrons. The standard InChI is InChI=1S/C14H10ClF4N3O/c15-11-7-9(4-5-12(11)16)20-13(23)22-21-10-3-1-2-8(6-10)14(17,18)19/h1-7,21H,(H2,20,22,23). The van der Waals surface area contributed by atoms with E-state index in [2.05, 4.69) is 16.2 Å². The number of nitrogens with one attached hydrogen (secondary N) is 3. The molecule has 2 amide bonds. The number of halogens is 5. The number of carbonyl (C=O) groups is 1. The van der Waals surface area contributed by atoms with Crippen molar-refractivity contribution in [1.82, 2.24) is 5.43 Å². The SMILES string of the molecule is O=C(NNc1cccc(C(F)(F)F)c1)Nc1ccc(F)c(Cl)c1. The second kappa shape index (κ2) is 6.74. The second-order valence-corrected chi connectivity index (χ2v) is 4.82. The molecule has 4 nitrogen and oxygen atoms in total. The summed E-state index contributed by atoms with van der Waals surface area (Å²) in [7, 11) is 0. The zero-order valence-electron chi connectivity index (χ0n) is 11.3. The largest absolute Gasteiger partial charge is 0.416 e. The molecule has 0 heterocycles. The van der Waals surface area contributed by atoms with Gasteiger partial charge in [0.05, 0.1) is 16.3 Å². The first-order chi connectivity index (χ1) is 10.8. The quantitative estimate of drug-likeness (QED) is 0.559. The molecule has 0 atom stereocenters. The van der Waals surface area contributed by atoms with Crippen molar-refractivity contribution in [2.45, 2.75) is 6.18 Å². The fourth-order valence-corrected chi connectivity index (χ4v) is 1.82. The van der Waals surface area contributed by atoms with Crippen LogP contribution in [0.4, 0.5) is 33.7 Å². The highest BCUT2D eigenvalue weighted by Crippen LogP contribution is 2.30. The minimum atomic E-state index is -4.48. The van der Waals surface area contributed by atoms with E-state index in [0.29, 0.717) is 0 Å². The molecule has 2 aromatic carbocycles. The Morgan fingerprint density at radius 1 is 1.04 bits per heavy atom. The zero-order chi connectivity index (χ0) is 17.0. The summed E-state index contributed by atoms with van der Waals surface area (Å²) in [6.07, 6.45) is -4.48. The molecule has 0 bridgehead atoms. The summed E-state index contributed by atoms with van der Waals surface area (Å²) in [6.45, 7) is 0. The van der Waals surface area contributed by atoms with Crippen molar-refractivity contribution in [3.63, 3.8) is 0 Å². The van der Waals surface area contributed by atoms with Crippen LogP contribution in [-0.4, -0.2) is 6.03 Å². The van der Waals surface area contributed by atoms with E-state index in [0.717, 1.165) is 18.2 Å². The van der Waals surface area contributed by atoms with Gasteiger partial charge in [-0.1, -0.05) is 17.7 Å². The molecule has 0 saturated heterocycles. The van der Waals surface area contributed by atoms with Crippen LogP contribution in [0.5, 0.6) is 0 Å². The fourth-order valence-electron chi connectivity index (χ4n) is 1.64. The van der Waals surface area contributed by atoms with Crippen molar-refractivity contribution in [3.8, 4) is 0 Å². The van der Waals surface area contributed by atoms with E-state index in [1.165, 1.54) is 24.3 Å². The van der Waals surface area contributed by atoms with E-state index in [1.54, 1.807) is 0 Å². The summed E-state index contributed by atoms with van der Waals surface area (Å²) in [5.41, 5.74) is 3.91. The molecular weight excluding hydrogens is 338 g/mol. The Kier molecular flexibility index (Phi) is 4.95. The zero-order valence-corrected chi connectivity index (χ0v) is 12.1. The molecule has 0 saturated carbocycles. The van der Waals surface area contributed by atoms with E-state index < -0.39 is 23.6 Å². The maximum atomic E-state index is 13.0. The minimum absolute atomic E-state index is 0.0483. The summed E-state index contributed by atoms with van der Waals surface area (Å²) < 4.78 is 50.6. The highest BCUT2D eigenvalue weighted by atomic mass is 35.5. The van der Waals surface area contributed by atoms with E-state index in [9.17, 15) is 22.4 Å². The third kappa shape index (κ3) is 4.75. The van der Waals surface area contributed by atoms with Gasteiger partial charge in [0.15, 0.2) is 0 Å². The Morgan fingerprint density at radius 2 is 1.78 bits per heavy atom. The van der Waals surface area contributed by atoms with Crippen molar-refractivity contribution in [2.24, 2.45) is 0 Å². The molecule has 0 fully saturated rings. The van der Waals surface area contributed by atoms with Crippen molar-refractivity contribution in [2.75, 3.05) is 10.7 Å². The third-order valence-corrected chi connectivity index (χ3v) is 2.98. The Morgan fingerprint density at radius 3 is 2.43 bits per heavy atom. The average molecular weight is 348 g/mol. The Balaban J connectivity index is 1.95. The first-order valence-corrected chi connectivity index (χ1v) is 6.59. The van der Waals surface area contributed by atoms with E-state index >= 15 is 0 Å². The third-order valence-electron chi connectivity index (χ3n) is 2.69. The van der Waals surface area contributed by atoms with Gasteiger partial charge in [-0.15, -0.1) is 0 Å². The molecule has 0 aliphatic heterocycles. The summed E-state index contributed by atoms with van der Waals surface area (Å²) in [5, 5.41) is 2.17. The molecule has 3 N–H and O–H groups in total. The fraction of sp³-hybridized carbons (Fsp3) is 0.0714. The Labute approximate surface area is 133 Å². The smallest absolute Gasteiger partial charge is 0.307 e. The Bertz CT molecular complexity index is 721. The number of alkyl halides is 3. The lowest BCUT2D eigenvalue weighted by Gasteiger charge is -2.12. The van der Waals surface area contributed by atoms with E-state index in [1.807, 2.05) is 0 Å². The predicted octanol–water partition coefficient (Wildman–Crippen LogP) is 4.65. The number of anilines is 2. The summed E-state index contributed by atoms with van der Waals surface area (Å²) in [6, 6.07) is 7.09. The van der Waals surface area contributed by atoms with Gasteiger partial charge >= 0.3 is 12.2 Å². The van der Waals surface area contributed by atoms with Crippen LogP contribution in [0.3, 0.4) is 0 Å². The van der Waals surface area contributed by atoms with Gasteiger partial charge < -0.3 is 5.32 Å². The van der Waals surface area contributed by atoms with Gasteiger partial charge in [0, 0.05) is 5.69 Å². The lowest BCUT2D eigenvalue weighted by Crippen LogP contribution is -2.33. The molecule has 0 aliphatic carbocycles. The number of amides is 2. The normalized spacial score (nSPS) is 11.0. The van der Waals surface area contributed by atoms with Gasteiger partial charge in [-0.25, -0.2) is 9.18 Å². The number of benzene rings is 2. The van der Waals surface area contributed by atoms with Crippen molar-refractivity contribution < 1.29 is 22.4 Å². The summed E-state index contributed by atoms with van der Waals surface area (Å²) in [5.74, 6) is -0.639. The van der Waals surface area contributed by atoms with Crippen LogP contribution in [-0.2, 0) is 6.18 Å². The number of rotatable bonds is 3. The van der Waals surface area contributed by atoms with Gasteiger partial charge in [-0.05, 0) is 36.4 Å². The number of urea groups is 1. The maximum Gasteiger partial charge on any atom is 0.416 e.